The monoisotopic (exact) mass is 551 g/mol. The normalized spacial score (nSPS) is 16.6. The number of rotatable bonds is 8. The molecule has 2 aromatic heterocycles. The van der Waals surface area contributed by atoms with Crippen LogP contribution in [0.5, 0.6) is 17.2 Å². The fraction of sp³-hybridized carbons (Fsp3) is 0.0968. The number of thiocarbonyl (C=S) groups is 1. The van der Waals surface area contributed by atoms with Gasteiger partial charge in [0.25, 0.3) is 0 Å². The largest absolute Gasteiger partial charge is 0.497 e. The number of nitrogens with zero attached hydrogens (tertiary/aromatic N) is 2. The van der Waals surface area contributed by atoms with Crippen LogP contribution in [0.1, 0.15) is 23.5 Å². The second-order valence-corrected chi connectivity index (χ2v) is 10.3. The number of furan rings is 1. The number of hydrogen-bond acceptors (Lipinski definition) is 6. The van der Waals surface area contributed by atoms with E-state index in [0.717, 1.165) is 44.4 Å². The molecule has 0 aliphatic carbocycles. The smallest absolute Gasteiger partial charge is 0.174 e. The number of anilines is 1. The molecule has 194 valence electrons. The Kier molecular flexibility index (Phi) is 7.21. The first-order valence-corrected chi connectivity index (χ1v) is 13.7. The van der Waals surface area contributed by atoms with Gasteiger partial charge in [0, 0.05) is 16.8 Å². The predicted octanol–water partition coefficient (Wildman–Crippen LogP) is 7.80. The number of hydrogen-bond donors (Lipinski definition) is 1. The molecular weight excluding hydrogens is 526 g/mol. The molecule has 0 unspecified atom stereocenters. The van der Waals surface area contributed by atoms with E-state index in [-0.39, 0.29) is 12.1 Å². The number of benzene rings is 3. The highest BCUT2D eigenvalue weighted by Gasteiger charge is 2.42. The van der Waals surface area contributed by atoms with Crippen molar-refractivity contribution in [2.24, 2.45) is 0 Å². The van der Waals surface area contributed by atoms with Crippen LogP contribution in [0.15, 0.2) is 130 Å². The Hall–Kier alpha value is -4.27. The number of nitrogens with one attached hydrogen (secondary N) is 1. The molecule has 6 rings (SSSR count). The van der Waals surface area contributed by atoms with Crippen LogP contribution < -0.4 is 19.7 Å². The Morgan fingerprint density at radius 3 is 2.21 bits per heavy atom. The third kappa shape index (κ3) is 5.48. The molecule has 1 N–H and O–H groups in total. The zero-order valence-electron chi connectivity index (χ0n) is 21.1. The molecule has 2 atom stereocenters. The van der Waals surface area contributed by atoms with Crippen LogP contribution in [0.2, 0.25) is 0 Å². The molecule has 39 heavy (non-hydrogen) atoms. The van der Waals surface area contributed by atoms with Gasteiger partial charge in [0.05, 0.1) is 18.8 Å². The zero-order chi connectivity index (χ0) is 26.6. The van der Waals surface area contributed by atoms with Crippen molar-refractivity contribution < 1.29 is 13.9 Å². The van der Waals surface area contributed by atoms with Crippen LogP contribution in [0, 0.1) is 0 Å². The van der Waals surface area contributed by atoms with E-state index in [9.17, 15) is 0 Å². The van der Waals surface area contributed by atoms with E-state index in [1.54, 1.807) is 25.1 Å². The molecule has 3 heterocycles. The quantitative estimate of drug-likeness (QED) is 0.196. The highest BCUT2D eigenvalue weighted by Crippen LogP contribution is 2.43. The van der Waals surface area contributed by atoms with Crippen LogP contribution in [-0.4, -0.2) is 17.2 Å². The van der Waals surface area contributed by atoms with E-state index >= 15 is 0 Å². The SMILES string of the molecule is COc1ccc(Oc2ccc(N3C(=S)N[C@H](c4ccccn4)[C@H]3c3ccc(Sc4ccccc4)o3)cc2)cc1. The summed E-state index contributed by atoms with van der Waals surface area (Å²) in [6.45, 7) is 0. The first kappa shape index (κ1) is 25.0. The zero-order valence-corrected chi connectivity index (χ0v) is 22.7. The van der Waals surface area contributed by atoms with Crippen molar-refractivity contribution in [1.82, 2.24) is 10.3 Å². The Balaban J connectivity index is 1.29. The minimum absolute atomic E-state index is 0.186. The van der Waals surface area contributed by atoms with Crippen LogP contribution in [0.3, 0.4) is 0 Å². The molecule has 3 aromatic carbocycles. The average Bonchev–Trinajstić information content (AvgIpc) is 3.58. The van der Waals surface area contributed by atoms with E-state index in [4.69, 9.17) is 26.1 Å². The molecule has 0 amide bonds. The van der Waals surface area contributed by atoms with E-state index in [0.29, 0.717) is 5.11 Å². The molecule has 5 aromatic rings. The number of aromatic nitrogens is 1. The highest BCUT2D eigenvalue weighted by molar-refractivity contribution is 7.99. The average molecular weight is 552 g/mol. The van der Waals surface area contributed by atoms with Crippen molar-refractivity contribution in [1.29, 1.82) is 0 Å². The molecule has 0 radical (unpaired) electrons. The molecule has 0 spiro atoms. The van der Waals surface area contributed by atoms with E-state index in [2.05, 4.69) is 27.3 Å². The summed E-state index contributed by atoms with van der Waals surface area (Å²) >= 11 is 7.44. The molecule has 1 saturated heterocycles. The summed E-state index contributed by atoms with van der Waals surface area (Å²) in [6.07, 6.45) is 1.80. The fourth-order valence-electron chi connectivity index (χ4n) is 4.53. The van der Waals surface area contributed by atoms with Crippen molar-refractivity contribution in [2.45, 2.75) is 22.1 Å². The molecule has 1 fully saturated rings. The van der Waals surface area contributed by atoms with Crippen molar-refractivity contribution in [3.63, 3.8) is 0 Å². The van der Waals surface area contributed by atoms with Gasteiger partial charge in [-0.05, 0) is 97.1 Å². The number of ether oxygens (including phenoxy) is 2. The minimum Gasteiger partial charge on any atom is -0.497 e. The lowest BCUT2D eigenvalue weighted by molar-refractivity contribution is 0.383. The van der Waals surface area contributed by atoms with Gasteiger partial charge in [-0.3, -0.25) is 4.98 Å². The third-order valence-corrected chi connectivity index (χ3v) is 7.61. The molecule has 1 aliphatic rings. The Morgan fingerprint density at radius 1 is 0.821 bits per heavy atom. The van der Waals surface area contributed by atoms with Gasteiger partial charge in [0.15, 0.2) is 10.2 Å². The summed E-state index contributed by atoms with van der Waals surface area (Å²) < 4.78 is 17.7. The summed E-state index contributed by atoms with van der Waals surface area (Å²) in [5.74, 6) is 3.04. The van der Waals surface area contributed by atoms with Crippen molar-refractivity contribution in [3.8, 4) is 17.2 Å². The molecule has 0 saturated carbocycles. The Morgan fingerprint density at radius 2 is 1.51 bits per heavy atom. The maximum atomic E-state index is 6.40. The summed E-state index contributed by atoms with van der Waals surface area (Å²) in [6, 6.07) is 35.1. The van der Waals surface area contributed by atoms with E-state index in [1.807, 2.05) is 97.1 Å². The molecule has 1 aliphatic heterocycles. The highest BCUT2D eigenvalue weighted by atomic mass is 32.2. The topological polar surface area (TPSA) is 59.8 Å². The van der Waals surface area contributed by atoms with Gasteiger partial charge in [-0.1, -0.05) is 36.0 Å². The molecular formula is C31H25N3O3S2. The van der Waals surface area contributed by atoms with Gasteiger partial charge >= 0.3 is 0 Å². The fourth-order valence-corrected chi connectivity index (χ4v) is 5.67. The summed E-state index contributed by atoms with van der Waals surface area (Å²) in [5.41, 5.74) is 1.81. The number of methoxy groups -OCH3 is 1. The van der Waals surface area contributed by atoms with Gasteiger partial charge in [0.2, 0.25) is 0 Å². The van der Waals surface area contributed by atoms with Crippen LogP contribution in [0.25, 0.3) is 0 Å². The van der Waals surface area contributed by atoms with Crippen molar-refractivity contribution in [2.75, 3.05) is 12.0 Å². The second-order valence-electron chi connectivity index (χ2n) is 8.84. The number of pyridine rings is 1. The third-order valence-electron chi connectivity index (χ3n) is 6.36. The minimum atomic E-state index is -0.231. The van der Waals surface area contributed by atoms with Crippen molar-refractivity contribution in [3.05, 3.63) is 127 Å². The summed E-state index contributed by atoms with van der Waals surface area (Å²) in [4.78, 5) is 7.82. The van der Waals surface area contributed by atoms with E-state index in [1.165, 1.54) is 0 Å². The van der Waals surface area contributed by atoms with Crippen LogP contribution in [-0.2, 0) is 0 Å². The van der Waals surface area contributed by atoms with Gasteiger partial charge < -0.3 is 24.1 Å². The first-order chi connectivity index (χ1) is 19.2. The standard InChI is InChI=1S/C31H25N3O3S2/c1-35-22-14-16-24(17-15-22)36-23-12-10-21(11-13-23)34-30(29(33-31(34)38)26-9-5-6-20-32-26)27-18-19-28(37-27)39-25-7-3-2-4-8-25/h2-20,29-30H,1H3,(H,33,38)/t29-,30-/m1/s1. The maximum absolute atomic E-state index is 6.40. The Labute approximate surface area is 236 Å². The lowest BCUT2D eigenvalue weighted by Gasteiger charge is -2.26. The lowest BCUT2D eigenvalue weighted by atomic mass is 10.0. The van der Waals surface area contributed by atoms with E-state index < -0.39 is 0 Å². The second kappa shape index (κ2) is 11.2. The molecule has 6 nitrogen and oxygen atoms in total. The van der Waals surface area contributed by atoms with Gasteiger partial charge in [-0.25, -0.2) is 0 Å². The lowest BCUT2D eigenvalue weighted by Crippen LogP contribution is -2.29. The van der Waals surface area contributed by atoms with Gasteiger partial charge in [-0.2, -0.15) is 0 Å². The van der Waals surface area contributed by atoms with Crippen molar-refractivity contribution >= 4 is 34.8 Å². The van der Waals surface area contributed by atoms with Gasteiger partial charge in [-0.15, -0.1) is 0 Å². The Bertz CT molecular complexity index is 1540. The molecule has 8 heteroatoms. The predicted molar refractivity (Wildman–Crippen MR) is 157 cm³/mol. The van der Waals surface area contributed by atoms with Crippen LogP contribution >= 0.6 is 24.0 Å². The molecule has 0 bridgehead atoms. The first-order valence-electron chi connectivity index (χ1n) is 12.4. The maximum Gasteiger partial charge on any atom is 0.174 e. The van der Waals surface area contributed by atoms with Gasteiger partial charge in [0.1, 0.15) is 29.1 Å². The summed E-state index contributed by atoms with van der Waals surface area (Å²) in [7, 11) is 1.64. The summed E-state index contributed by atoms with van der Waals surface area (Å²) in [5, 5.41) is 4.90. The van der Waals surface area contributed by atoms with Crippen LogP contribution in [0.4, 0.5) is 5.69 Å².